The second-order valence-corrected chi connectivity index (χ2v) is 10.5. The molecule has 0 amide bonds. The van der Waals surface area contributed by atoms with E-state index in [-0.39, 0.29) is 0 Å². The van der Waals surface area contributed by atoms with Gasteiger partial charge in [-0.3, -0.25) is 0 Å². The van der Waals surface area contributed by atoms with Crippen LogP contribution in [0.15, 0.2) is 24.3 Å². The van der Waals surface area contributed by atoms with Crippen LogP contribution < -0.4 is 21.4 Å². The zero-order valence-corrected chi connectivity index (χ0v) is 25.2. The molecule has 4 aromatic rings. The molecule has 5 rings (SSSR count). The molecule has 0 aliphatic carbocycles. The van der Waals surface area contributed by atoms with E-state index < -0.39 is 0 Å². The lowest BCUT2D eigenvalue weighted by molar-refractivity contribution is 0.202. The van der Waals surface area contributed by atoms with E-state index >= 15 is 0 Å². The van der Waals surface area contributed by atoms with Crippen molar-refractivity contribution in [2.24, 2.45) is 0 Å². The third-order valence-electron chi connectivity index (χ3n) is 7.74. The summed E-state index contributed by atoms with van der Waals surface area (Å²) >= 11 is 0. The van der Waals surface area contributed by atoms with Gasteiger partial charge in [-0.1, -0.05) is 0 Å². The highest BCUT2D eigenvalue weighted by molar-refractivity contribution is 5.70. The summed E-state index contributed by atoms with van der Waals surface area (Å²) < 4.78 is 27.8. The van der Waals surface area contributed by atoms with Gasteiger partial charge >= 0.3 is 0 Å². The lowest BCUT2D eigenvalue weighted by atomic mass is 10.1. The molecule has 0 aromatic carbocycles. The zero-order valence-electron chi connectivity index (χ0n) is 25.2. The predicted octanol–water partition coefficient (Wildman–Crippen LogP) is 1.14. The summed E-state index contributed by atoms with van der Waals surface area (Å²) in [6.07, 6.45) is 9.47. The quantitative estimate of drug-likeness (QED) is 0.192. The summed E-state index contributed by atoms with van der Waals surface area (Å²) in [7, 11) is 8.63. The first-order chi connectivity index (χ1) is 20.6. The van der Waals surface area contributed by atoms with E-state index in [2.05, 4.69) is 62.4 Å². The van der Waals surface area contributed by atoms with Gasteiger partial charge in [-0.2, -0.15) is 0 Å². The third-order valence-corrected chi connectivity index (χ3v) is 7.74. The summed E-state index contributed by atoms with van der Waals surface area (Å²) in [5, 5.41) is 8.01. The SMILES string of the molecule is COCCc1cc2[nH]c1=CC=c1[nH]c(cc1CCOC)=c1cc(CCOC)c([nH]1)=C(OC)C=c1[nH]c=2cc1CCOC. The van der Waals surface area contributed by atoms with Crippen LogP contribution in [0.2, 0.25) is 0 Å². The average Bonchev–Trinajstić information content (AvgIpc) is 3.78. The first kappa shape index (κ1) is 29.7. The van der Waals surface area contributed by atoms with E-state index in [1.807, 2.05) is 0 Å². The Morgan fingerprint density at radius 3 is 1.31 bits per heavy atom. The van der Waals surface area contributed by atoms with Gasteiger partial charge in [0, 0.05) is 50.6 Å². The molecule has 42 heavy (non-hydrogen) atoms. The van der Waals surface area contributed by atoms with Crippen LogP contribution in [0.4, 0.5) is 0 Å². The number of methoxy groups -OCH3 is 5. The molecular weight excluding hydrogens is 532 g/mol. The van der Waals surface area contributed by atoms with E-state index in [1.54, 1.807) is 35.5 Å². The molecule has 0 saturated carbocycles. The Labute approximate surface area is 244 Å². The second-order valence-electron chi connectivity index (χ2n) is 10.5. The van der Waals surface area contributed by atoms with Crippen LogP contribution in [0.5, 0.6) is 0 Å². The smallest absolute Gasteiger partial charge is 0.144 e. The fraction of sp³-hybridized carbons (Fsp3) is 0.394. The lowest BCUT2D eigenvalue weighted by Gasteiger charge is -2.03. The minimum absolute atomic E-state index is 0.602. The van der Waals surface area contributed by atoms with Crippen molar-refractivity contribution in [3.05, 3.63) is 89.3 Å². The van der Waals surface area contributed by atoms with Gasteiger partial charge in [-0.25, -0.2) is 0 Å². The van der Waals surface area contributed by atoms with Crippen molar-refractivity contribution < 1.29 is 23.7 Å². The van der Waals surface area contributed by atoms with Crippen molar-refractivity contribution in [2.75, 3.05) is 62.0 Å². The monoisotopic (exact) mass is 574 g/mol. The first-order valence-electron chi connectivity index (χ1n) is 14.4. The number of aromatic amines is 4. The van der Waals surface area contributed by atoms with Crippen molar-refractivity contribution in [1.29, 1.82) is 0 Å². The van der Waals surface area contributed by atoms with Crippen LogP contribution in [0, 0.1) is 21.4 Å². The summed E-state index contributed by atoms with van der Waals surface area (Å²) in [5.41, 5.74) is 4.65. The number of hydrogen-bond donors (Lipinski definition) is 4. The van der Waals surface area contributed by atoms with E-state index in [1.165, 1.54) is 11.1 Å². The highest BCUT2D eigenvalue weighted by Gasteiger charge is 2.09. The topological polar surface area (TPSA) is 109 Å². The van der Waals surface area contributed by atoms with E-state index in [0.717, 1.165) is 85.4 Å². The van der Waals surface area contributed by atoms with Crippen LogP contribution in [0.1, 0.15) is 22.3 Å². The van der Waals surface area contributed by atoms with Crippen molar-refractivity contribution in [2.45, 2.75) is 25.7 Å². The summed E-state index contributed by atoms with van der Waals surface area (Å²) in [6.45, 7) is 2.49. The molecule has 0 saturated heterocycles. The number of nitrogens with one attached hydrogen (secondary N) is 4. The molecule has 1 aliphatic rings. The molecule has 4 N–H and O–H groups in total. The number of H-pyrrole nitrogens is 4. The van der Waals surface area contributed by atoms with Crippen molar-refractivity contribution in [3.8, 4) is 0 Å². The molecule has 0 fully saturated rings. The highest BCUT2D eigenvalue weighted by Crippen LogP contribution is 2.07. The van der Waals surface area contributed by atoms with Crippen molar-refractivity contribution >= 4 is 24.0 Å². The normalized spacial score (nSPS) is 12.6. The van der Waals surface area contributed by atoms with E-state index in [9.17, 15) is 0 Å². The summed E-state index contributed by atoms with van der Waals surface area (Å²) in [5.74, 6) is 0.741. The lowest BCUT2D eigenvalue weighted by Crippen LogP contribution is -2.18. The molecule has 4 aromatic heterocycles. The summed E-state index contributed by atoms with van der Waals surface area (Å²) in [4.78, 5) is 14.6. The van der Waals surface area contributed by atoms with Crippen molar-refractivity contribution in [3.63, 3.8) is 0 Å². The van der Waals surface area contributed by atoms with Gasteiger partial charge in [-0.15, -0.1) is 0 Å². The second kappa shape index (κ2) is 13.9. The van der Waals surface area contributed by atoms with Gasteiger partial charge in [0.25, 0.3) is 0 Å². The van der Waals surface area contributed by atoms with E-state index in [0.29, 0.717) is 26.4 Å². The maximum Gasteiger partial charge on any atom is 0.144 e. The fourth-order valence-electron chi connectivity index (χ4n) is 5.46. The van der Waals surface area contributed by atoms with Crippen LogP contribution in [-0.4, -0.2) is 81.9 Å². The molecule has 0 spiro atoms. The Balaban J connectivity index is 1.92. The molecule has 5 heterocycles. The van der Waals surface area contributed by atoms with Crippen molar-refractivity contribution in [1.82, 2.24) is 19.9 Å². The largest absolute Gasteiger partial charge is 0.494 e. The summed E-state index contributed by atoms with van der Waals surface area (Å²) in [6, 6.07) is 8.79. The molecule has 9 nitrogen and oxygen atoms in total. The Hall–Kier alpha value is -3.76. The molecule has 9 heteroatoms. The minimum atomic E-state index is 0.602. The van der Waals surface area contributed by atoms with Gasteiger partial charge < -0.3 is 43.6 Å². The maximum absolute atomic E-state index is 6.02. The van der Waals surface area contributed by atoms with Gasteiger partial charge in [0.1, 0.15) is 5.76 Å². The minimum Gasteiger partial charge on any atom is -0.494 e. The predicted molar refractivity (Wildman–Crippen MR) is 163 cm³/mol. The third kappa shape index (κ3) is 6.50. The number of rotatable bonds is 13. The standard InChI is InChI=1S/C33H42N4O5/c1-38-12-8-21-16-28-29-18-23(10-14-40-3)27(36-29)20-32(42-5)33-24(11-15-41-4)19-31(37-33)30-17-22(9-13-39-2)26(35-30)7-6-25(21)34-28/h6-7,16-20,34-37H,8-15H2,1-5H3. The first-order valence-corrected chi connectivity index (χ1v) is 14.4. The Morgan fingerprint density at radius 2 is 0.857 bits per heavy atom. The number of ether oxygens (including phenoxy) is 5. The Morgan fingerprint density at radius 1 is 0.476 bits per heavy atom. The molecule has 0 atom stereocenters. The molecule has 8 bridgehead atoms. The molecule has 1 aliphatic heterocycles. The number of aromatic nitrogens is 4. The maximum atomic E-state index is 6.02. The fourth-order valence-corrected chi connectivity index (χ4v) is 5.46. The molecule has 0 unspecified atom stereocenters. The van der Waals surface area contributed by atoms with E-state index in [4.69, 9.17) is 23.7 Å². The van der Waals surface area contributed by atoms with Gasteiger partial charge in [0.15, 0.2) is 0 Å². The highest BCUT2D eigenvalue weighted by atomic mass is 16.5. The Kier molecular flexibility index (Phi) is 9.86. The van der Waals surface area contributed by atoms with Crippen LogP contribution in [0.25, 0.3) is 24.0 Å². The molecule has 224 valence electrons. The van der Waals surface area contributed by atoms with Crippen LogP contribution in [0.3, 0.4) is 0 Å². The zero-order chi connectivity index (χ0) is 29.5. The molecule has 0 radical (unpaired) electrons. The molecular formula is C33H42N4O5. The van der Waals surface area contributed by atoms with Gasteiger partial charge in [0.2, 0.25) is 0 Å². The van der Waals surface area contributed by atoms with Gasteiger partial charge in [0.05, 0.1) is 60.3 Å². The number of fused-ring (bicyclic) bond motifs is 8. The number of hydrogen-bond acceptors (Lipinski definition) is 5. The van der Waals surface area contributed by atoms with Crippen LogP contribution in [-0.2, 0) is 49.4 Å². The van der Waals surface area contributed by atoms with Gasteiger partial charge in [-0.05, 0) is 84.4 Å². The average molecular weight is 575 g/mol. The Bertz CT molecular complexity index is 1940. The van der Waals surface area contributed by atoms with Crippen LogP contribution >= 0.6 is 0 Å².